The van der Waals surface area contributed by atoms with Crippen LogP contribution in [0.15, 0.2) is 30.3 Å². The zero-order chi connectivity index (χ0) is 13.7. The van der Waals surface area contributed by atoms with Gasteiger partial charge in [-0.2, -0.15) is 0 Å². The van der Waals surface area contributed by atoms with E-state index >= 15 is 0 Å². The average molecular weight is 260 g/mol. The quantitative estimate of drug-likeness (QED) is 0.882. The van der Waals surface area contributed by atoms with Gasteiger partial charge in [-0.25, -0.2) is 0 Å². The second-order valence-corrected chi connectivity index (χ2v) is 5.63. The molecule has 1 N–H and O–H groups in total. The molecule has 1 unspecified atom stereocenters. The molecule has 104 valence electrons. The number of carbonyl (C=O) groups excluding carboxylic acids is 1. The maximum absolute atomic E-state index is 12.0. The lowest BCUT2D eigenvalue weighted by Gasteiger charge is -2.25. The summed E-state index contributed by atoms with van der Waals surface area (Å²) in [7, 11) is 0. The van der Waals surface area contributed by atoms with Crippen LogP contribution in [0, 0.1) is 5.92 Å². The molecule has 1 saturated heterocycles. The minimum Gasteiger partial charge on any atom is -0.348 e. The largest absolute Gasteiger partial charge is 0.348 e. The third kappa shape index (κ3) is 4.06. The molecular weight excluding hydrogens is 236 g/mol. The van der Waals surface area contributed by atoms with Crippen molar-refractivity contribution < 1.29 is 4.79 Å². The number of benzene rings is 1. The van der Waals surface area contributed by atoms with Crippen LogP contribution in [-0.4, -0.2) is 30.4 Å². The van der Waals surface area contributed by atoms with Crippen LogP contribution < -0.4 is 5.32 Å². The molecule has 0 radical (unpaired) electrons. The Balaban J connectivity index is 2.06. The van der Waals surface area contributed by atoms with Crippen LogP contribution in [-0.2, 0) is 4.79 Å². The van der Waals surface area contributed by atoms with Crippen molar-refractivity contribution in [2.45, 2.75) is 32.7 Å². The van der Waals surface area contributed by atoms with Gasteiger partial charge in [0.2, 0.25) is 5.91 Å². The van der Waals surface area contributed by atoms with Gasteiger partial charge in [-0.05, 0) is 31.5 Å². The molecule has 1 aliphatic rings. The number of hydrogen-bond donors (Lipinski definition) is 1. The number of likely N-dealkylation sites (tertiary alicyclic amines) is 1. The van der Waals surface area contributed by atoms with Crippen LogP contribution in [0.5, 0.6) is 0 Å². The van der Waals surface area contributed by atoms with Crippen molar-refractivity contribution in [1.29, 1.82) is 0 Å². The number of nitrogens with one attached hydrogen (secondary N) is 1. The van der Waals surface area contributed by atoms with E-state index in [1.54, 1.807) is 0 Å². The van der Waals surface area contributed by atoms with Crippen molar-refractivity contribution in [2.24, 2.45) is 5.92 Å². The Morgan fingerprint density at radius 1 is 1.21 bits per heavy atom. The Labute approximate surface area is 116 Å². The molecule has 1 aliphatic heterocycles. The van der Waals surface area contributed by atoms with Gasteiger partial charge < -0.3 is 10.2 Å². The minimum absolute atomic E-state index is 0.0322. The third-order valence-corrected chi connectivity index (χ3v) is 3.68. The van der Waals surface area contributed by atoms with Crippen LogP contribution in [0.4, 0.5) is 0 Å². The molecule has 1 amide bonds. The predicted octanol–water partition coefficient (Wildman–Crippen LogP) is 2.60. The molecule has 1 atom stereocenters. The molecule has 0 aliphatic carbocycles. The maximum Gasteiger partial charge on any atom is 0.223 e. The highest BCUT2D eigenvalue weighted by Crippen LogP contribution is 2.18. The summed E-state index contributed by atoms with van der Waals surface area (Å²) < 4.78 is 0. The SMILES string of the molecule is CC(C)C(=O)NC(CN1CCCC1)c1ccccc1. The summed E-state index contributed by atoms with van der Waals surface area (Å²) in [6.45, 7) is 7.10. The predicted molar refractivity (Wildman–Crippen MR) is 77.8 cm³/mol. The summed E-state index contributed by atoms with van der Waals surface area (Å²) in [5, 5.41) is 3.18. The monoisotopic (exact) mass is 260 g/mol. The van der Waals surface area contributed by atoms with Gasteiger partial charge in [0.15, 0.2) is 0 Å². The van der Waals surface area contributed by atoms with E-state index in [9.17, 15) is 4.79 Å². The first-order valence-electron chi connectivity index (χ1n) is 7.24. The van der Waals surface area contributed by atoms with E-state index in [0.717, 1.165) is 19.6 Å². The molecule has 1 heterocycles. The maximum atomic E-state index is 12.0. The highest BCUT2D eigenvalue weighted by Gasteiger charge is 2.21. The molecule has 1 aromatic rings. The summed E-state index contributed by atoms with van der Waals surface area (Å²) in [4.78, 5) is 14.4. The average Bonchev–Trinajstić information content (AvgIpc) is 2.91. The molecule has 0 spiro atoms. The zero-order valence-corrected chi connectivity index (χ0v) is 11.9. The fourth-order valence-corrected chi connectivity index (χ4v) is 2.48. The Morgan fingerprint density at radius 3 is 2.42 bits per heavy atom. The first kappa shape index (κ1) is 14.1. The van der Waals surface area contributed by atoms with Gasteiger partial charge in [-0.3, -0.25) is 4.79 Å². The topological polar surface area (TPSA) is 32.3 Å². The number of nitrogens with zero attached hydrogens (tertiary/aromatic N) is 1. The van der Waals surface area contributed by atoms with E-state index in [1.165, 1.54) is 18.4 Å². The summed E-state index contributed by atoms with van der Waals surface area (Å²) in [6, 6.07) is 10.4. The van der Waals surface area contributed by atoms with Crippen molar-refractivity contribution in [3.05, 3.63) is 35.9 Å². The lowest BCUT2D eigenvalue weighted by atomic mass is 10.1. The Morgan fingerprint density at radius 2 is 1.84 bits per heavy atom. The van der Waals surface area contributed by atoms with E-state index < -0.39 is 0 Å². The zero-order valence-electron chi connectivity index (χ0n) is 11.9. The molecule has 3 heteroatoms. The summed E-state index contributed by atoms with van der Waals surface area (Å²) in [5.41, 5.74) is 1.20. The molecular formula is C16H24N2O. The molecule has 0 aromatic heterocycles. The fourth-order valence-electron chi connectivity index (χ4n) is 2.48. The van der Waals surface area contributed by atoms with E-state index in [2.05, 4.69) is 22.3 Å². The third-order valence-electron chi connectivity index (χ3n) is 3.68. The summed E-state index contributed by atoms with van der Waals surface area (Å²) in [5.74, 6) is 0.165. The lowest BCUT2D eigenvalue weighted by Crippen LogP contribution is -2.38. The molecule has 1 aromatic carbocycles. The van der Waals surface area contributed by atoms with E-state index in [1.807, 2.05) is 32.0 Å². The van der Waals surface area contributed by atoms with Crippen LogP contribution in [0.2, 0.25) is 0 Å². The highest BCUT2D eigenvalue weighted by atomic mass is 16.1. The summed E-state index contributed by atoms with van der Waals surface area (Å²) >= 11 is 0. The van der Waals surface area contributed by atoms with E-state index in [-0.39, 0.29) is 17.9 Å². The van der Waals surface area contributed by atoms with E-state index in [0.29, 0.717) is 0 Å². The minimum atomic E-state index is 0.0322. The van der Waals surface area contributed by atoms with Crippen LogP contribution in [0.25, 0.3) is 0 Å². The number of amides is 1. The second-order valence-electron chi connectivity index (χ2n) is 5.63. The standard InChI is InChI=1S/C16H24N2O/c1-13(2)16(19)17-15(12-18-10-6-7-11-18)14-8-4-3-5-9-14/h3-5,8-9,13,15H,6-7,10-12H2,1-2H3,(H,17,19). The number of hydrogen-bond acceptors (Lipinski definition) is 2. The molecule has 2 rings (SSSR count). The highest BCUT2D eigenvalue weighted by molar-refractivity contribution is 5.78. The molecule has 19 heavy (non-hydrogen) atoms. The van der Waals surface area contributed by atoms with Crippen molar-refractivity contribution in [3.63, 3.8) is 0 Å². The van der Waals surface area contributed by atoms with Gasteiger partial charge in [0.05, 0.1) is 6.04 Å². The van der Waals surface area contributed by atoms with Crippen molar-refractivity contribution in [1.82, 2.24) is 10.2 Å². The van der Waals surface area contributed by atoms with Crippen LogP contribution >= 0.6 is 0 Å². The normalized spacial score (nSPS) is 17.6. The summed E-state index contributed by atoms with van der Waals surface area (Å²) in [6.07, 6.45) is 2.55. The van der Waals surface area contributed by atoms with E-state index in [4.69, 9.17) is 0 Å². The van der Waals surface area contributed by atoms with Crippen LogP contribution in [0.3, 0.4) is 0 Å². The van der Waals surface area contributed by atoms with Gasteiger partial charge >= 0.3 is 0 Å². The smallest absolute Gasteiger partial charge is 0.223 e. The molecule has 1 fully saturated rings. The van der Waals surface area contributed by atoms with Gasteiger partial charge in [0, 0.05) is 12.5 Å². The van der Waals surface area contributed by atoms with Gasteiger partial charge in [0.25, 0.3) is 0 Å². The van der Waals surface area contributed by atoms with Gasteiger partial charge in [0.1, 0.15) is 0 Å². The van der Waals surface area contributed by atoms with Gasteiger partial charge in [-0.15, -0.1) is 0 Å². The molecule has 3 nitrogen and oxygen atoms in total. The first-order chi connectivity index (χ1) is 9.16. The Bertz CT molecular complexity index is 396. The first-order valence-corrected chi connectivity index (χ1v) is 7.24. The van der Waals surface area contributed by atoms with Crippen molar-refractivity contribution in [2.75, 3.05) is 19.6 Å². The van der Waals surface area contributed by atoms with Crippen molar-refractivity contribution >= 4 is 5.91 Å². The number of rotatable bonds is 5. The van der Waals surface area contributed by atoms with Crippen molar-refractivity contribution in [3.8, 4) is 0 Å². The fraction of sp³-hybridized carbons (Fsp3) is 0.562. The Kier molecular flexibility index (Phi) is 4.97. The number of carbonyl (C=O) groups is 1. The van der Waals surface area contributed by atoms with Crippen LogP contribution in [0.1, 0.15) is 38.3 Å². The van der Waals surface area contributed by atoms with Gasteiger partial charge in [-0.1, -0.05) is 44.2 Å². The lowest BCUT2D eigenvalue weighted by molar-refractivity contribution is -0.124. The molecule has 0 bridgehead atoms. The molecule has 0 saturated carbocycles. The Hall–Kier alpha value is -1.35. The second kappa shape index (κ2) is 6.71.